The van der Waals surface area contributed by atoms with Crippen molar-refractivity contribution in [2.24, 2.45) is 0 Å². The molecular formula is C14H20N2O. The van der Waals surface area contributed by atoms with E-state index < -0.39 is 0 Å². The first-order valence-electron chi connectivity index (χ1n) is 6.47. The van der Waals surface area contributed by atoms with E-state index >= 15 is 0 Å². The van der Waals surface area contributed by atoms with Crippen LogP contribution in [-0.4, -0.2) is 35.7 Å². The van der Waals surface area contributed by atoms with Gasteiger partial charge in [-0.1, -0.05) is 12.1 Å². The Kier molecular flexibility index (Phi) is 2.60. The first-order chi connectivity index (χ1) is 8.25. The second kappa shape index (κ2) is 4.00. The summed E-state index contributed by atoms with van der Waals surface area (Å²) < 4.78 is 0. The second-order valence-corrected chi connectivity index (χ2v) is 5.29. The van der Waals surface area contributed by atoms with Gasteiger partial charge in [0.05, 0.1) is 6.04 Å². The van der Waals surface area contributed by atoms with E-state index in [0.717, 1.165) is 0 Å². The highest BCUT2D eigenvalue weighted by molar-refractivity contribution is 5.34. The Bertz CT molecular complexity index is 410. The Balaban J connectivity index is 1.93. The third kappa shape index (κ3) is 1.83. The van der Waals surface area contributed by atoms with Crippen LogP contribution < -0.4 is 5.32 Å². The van der Waals surface area contributed by atoms with Crippen LogP contribution in [0.5, 0.6) is 5.75 Å². The van der Waals surface area contributed by atoms with Crippen molar-refractivity contribution in [1.82, 2.24) is 10.2 Å². The van der Waals surface area contributed by atoms with Gasteiger partial charge in [-0.3, -0.25) is 4.90 Å². The van der Waals surface area contributed by atoms with Crippen LogP contribution in [-0.2, 0) is 0 Å². The predicted octanol–water partition coefficient (Wildman–Crippen LogP) is 1.89. The zero-order chi connectivity index (χ0) is 11.9. The summed E-state index contributed by atoms with van der Waals surface area (Å²) in [5, 5.41) is 13.2. The molecule has 2 fully saturated rings. The van der Waals surface area contributed by atoms with Gasteiger partial charge in [-0.25, -0.2) is 0 Å². The Hall–Kier alpha value is -1.06. The molecule has 3 heteroatoms. The summed E-state index contributed by atoms with van der Waals surface area (Å²) in [6, 6.07) is 8.17. The summed E-state index contributed by atoms with van der Waals surface area (Å²) >= 11 is 0. The Morgan fingerprint density at radius 3 is 2.59 bits per heavy atom. The average molecular weight is 232 g/mol. The number of nitrogens with one attached hydrogen (secondary N) is 1. The van der Waals surface area contributed by atoms with E-state index in [9.17, 15) is 5.11 Å². The molecule has 3 rings (SSSR count). The van der Waals surface area contributed by atoms with Crippen LogP contribution in [0.25, 0.3) is 0 Å². The van der Waals surface area contributed by atoms with Crippen LogP contribution in [0, 0.1) is 0 Å². The summed E-state index contributed by atoms with van der Waals surface area (Å²) in [6.07, 6.45) is 3.77. The maximum Gasteiger partial charge on any atom is 0.115 e. The topological polar surface area (TPSA) is 35.5 Å². The molecule has 0 aromatic heterocycles. The lowest BCUT2D eigenvalue weighted by Gasteiger charge is -2.43. The minimum atomic E-state index is 0.244. The van der Waals surface area contributed by atoms with Gasteiger partial charge in [0.25, 0.3) is 0 Å². The molecule has 0 amide bonds. The molecule has 1 unspecified atom stereocenters. The van der Waals surface area contributed by atoms with Crippen LogP contribution in [0.4, 0.5) is 0 Å². The number of nitrogens with zero attached hydrogens (tertiary/aromatic N) is 1. The number of phenols is 1. The molecule has 3 nitrogen and oxygen atoms in total. The minimum Gasteiger partial charge on any atom is -0.508 e. The average Bonchev–Trinajstić information content (AvgIpc) is 3.04. The summed E-state index contributed by atoms with van der Waals surface area (Å²) in [7, 11) is 2.06. The largest absolute Gasteiger partial charge is 0.508 e. The van der Waals surface area contributed by atoms with Gasteiger partial charge in [-0.2, -0.15) is 0 Å². The van der Waals surface area contributed by atoms with E-state index in [1.165, 1.54) is 37.9 Å². The van der Waals surface area contributed by atoms with Gasteiger partial charge in [-0.05, 0) is 44.0 Å². The van der Waals surface area contributed by atoms with E-state index in [4.69, 9.17) is 0 Å². The van der Waals surface area contributed by atoms with Gasteiger partial charge < -0.3 is 10.4 Å². The van der Waals surface area contributed by atoms with Crippen molar-refractivity contribution < 1.29 is 5.11 Å². The number of benzene rings is 1. The molecule has 1 aliphatic carbocycles. The molecule has 1 aromatic carbocycles. The second-order valence-electron chi connectivity index (χ2n) is 5.29. The number of rotatable bonds is 4. The third-order valence-corrected chi connectivity index (χ3v) is 4.25. The smallest absolute Gasteiger partial charge is 0.115 e. The number of aromatic hydroxyl groups is 1. The van der Waals surface area contributed by atoms with Gasteiger partial charge in [-0.15, -0.1) is 0 Å². The normalized spacial score (nSPS) is 24.1. The molecule has 2 N–H and O–H groups in total. The van der Waals surface area contributed by atoms with Crippen LogP contribution in [0.15, 0.2) is 24.3 Å². The fourth-order valence-electron chi connectivity index (χ4n) is 2.97. The molecule has 1 atom stereocenters. The van der Waals surface area contributed by atoms with Crippen LogP contribution in [0.2, 0.25) is 0 Å². The lowest BCUT2D eigenvalue weighted by atomic mass is 9.92. The molecule has 17 heavy (non-hydrogen) atoms. The van der Waals surface area contributed by atoms with Crippen molar-refractivity contribution in [3.05, 3.63) is 29.8 Å². The van der Waals surface area contributed by atoms with Crippen molar-refractivity contribution in [3.8, 4) is 5.75 Å². The van der Waals surface area contributed by atoms with Crippen LogP contribution in [0.1, 0.15) is 30.9 Å². The number of hydrogen-bond donors (Lipinski definition) is 2. The molecule has 0 radical (unpaired) electrons. The minimum absolute atomic E-state index is 0.244. The molecule has 1 aliphatic heterocycles. The first kappa shape index (κ1) is 11.1. The van der Waals surface area contributed by atoms with Crippen LogP contribution >= 0.6 is 0 Å². The lowest BCUT2D eigenvalue weighted by molar-refractivity contribution is 0.0839. The fraction of sp³-hybridized carbons (Fsp3) is 0.571. The summed E-state index contributed by atoms with van der Waals surface area (Å²) in [6.45, 7) is 2.37. The van der Waals surface area contributed by atoms with Gasteiger partial charge in [0.15, 0.2) is 0 Å². The zero-order valence-corrected chi connectivity index (χ0v) is 10.3. The van der Waals surface area contributed by atoms with Gasteiger partial charge in [0, 0.05) is 18.6 Å². The Labute approximate surface area is 102 Å². The highest BCUT2D eigenvalue weighted by Gasteiger charge is 2.51. The summed E-state index contributed by atoms with van der Waals surface area (Å²) in [5.41, 5.74) is 1.49. The standard InChI is InChI=1S/C14H20N2O/c1-15-14(6-7-14)13(16-8-3-9-16)11-4-2-5-12(17)10-11/h2,4-5,10,13,15,17H,3,6-9H2,1H3. The maximum atomic E-state index is 9.65. The SMILES string of the molecule is CNC1(C(c2cccc(O)c2)N2CCC2)CC1. The number of hydrogen-bond acceptors (Lipinski definition) is 3. The lowest BCUT2D eigenvalue weighted by Crippen LogP contribution is -2.50. The van der Waals surface area contributed by atoms with E-state index in [2.05, 4.69) is 23.3 Å². The molecule has 2 aliphatic rings. The summed E-state index contributed by atoms with van der Waals surface area (Å²) in [4.78, 5) is 2.53. The Morgan fingerprint density at radius 1 is 1.35 bits per heavy atom. The molecule has 92 valence electrons. The molecular weight excluding hydrogens is 212 g/mol. The zero-order valence-electron chi connectivity index (χ0n) is 10.3. The monoisotopic (exact) mass is 232 g/mol. The molecule has 1 saturated heterocycles. The van der Waals surface area contributed by atoms with E-state index in [1.807, 2.05) is 12.1 Å². The number of likely N-dealkylation sites (tertiary alicyclic amines) is 1. The van der Waals surface area contributed by atoms with Gasteiger partial charge >= 0.3 is 0 Å². The predicted molar refractivity (Wildman–Crippen MR) is 68.1 cm³/mol. The van der Waals surface area contributed by atoms with E-state index in [1.54, 1.807) is 6.07 Å². The Morgan fingerprint density at radius 2 is 2.12 bits per heavy atom. The van der Waals surface area contributed by atoms with E-state index in [0.29, 0.717) is 11.8 Å². The third-order valence-electron chi connectivity index (χ3n) is 4.25. The van der Waals surface area contributed by atoms with Gasteiger partial charge in [0.2, 0.25) is 0 Å². The van der Waals surface area contributed by atoms with Crippen LogP contribution in [0.3, 0.4) is 0 Å². The highest BCUT2D eigenvalue weighted by atomic mass is 16.3. The first-order valence-corrected chi connectivity index (χ1v) is 6.47. The molecule has 1 heterocycles. The number of phenolic OH excluding ortho intramolecular Hbond substituents is 1. The van der Waals surface area contributed by atoms with Crippen molar-refractivity contribution in [1.29, 1.82) is 0 Å². The van der Waals surface area contributed by atoms with Crippen molar-refractivity contribution >= 4 is 0 Å². The molecule has 1 saturated carbocycles. The van der Waals surface area contributed by atoms with Gasteiger partial charge in [0.1, 0.15) is 5.75 Å². The van der Waals surface area contributed by atoms with Crippen molar-refractivity contribution in [3.63, 3.8) is 0 Å². The van der Waals surface area contributed by atoms with Crippen molar-refractivity contribution in [2.45, 2.75) is 30.8 Å². The van der Waals surface area contributed by atoms with Crippen molar-refractivity contribution in [2.75, 3.05) is 20.1 Å². The van der Waals surface area contributed by atoms with E-state index in [-0.39, 0.29) is 5.54 Å². The highest BCUT2D eigenvalue weighted by Crippen LogP contribution is 2.50. The maximum absolute atomic E-state index is 9.65. The molecule has 0 spiro atoms. The summed E-state index contributed by atoms with van der Waals surface area (Å²) in [5.74, 6) is 0.375. The fourth-order valence-corrected chi connectivity index (χ4v) is 2.97. The molecule has 1 aromatic rings. The number of likely N-dealkylation sites (N-methyl/N-ethyl adjacent to an activating group) is 1. The molecule has 0 bridgehead atoms. The quantitative estimate of drug-likeness (QED) is 0.832.